The highest BCUT2D eigenvalue weighted by Crippen LogP contribution is 2.41. The van der Waals surface area contributed by atoms with Crippen molar-refractivity contribution in [2.24, 2.45) is 0 Å². The van der Waals surface area contributed by atoms with Crippen molar-refractivity contribution in [1.82, 2.24) is 5.32 Å². The van der Waals surface area contributed by atoms with Crippen molar-refractivity contribution in [3.8, 4) is 5.75 Å². The first-order valence-electron chi connectivity index (χ1n) is 9.85. The van der Waals surface area contributed by atoms with Gasteiger partial charge in [-0.05, 0) is 29.3 Å². The van der Waals surface area contributed by atoms with Gasteiger partial charge in [0.15, 0.2) is 0 Å². The molecule has 1 N–H and O–H groups in total. The summed E-state index contributed by atoms with van der Waals surface area (Å²) in [6.45, 7) is 0.901. The molecular formula is C25H22N2O2. The molecule has 2 heterocycles. The second kappa shape index (κ2) is 7.13. The van der Waals surface area contributed by atoms with Gasteiger partial charge in [0.2, 0.25) is 5.91 Å². The average molecular weight is 382 g/mol. The van der Waals surface area contributed by atoms with E-state index in [0.29, 0.717) is 13.2 Å². The molecule has 0 radical (unpaired) electrons. The quantitative estimate of drug-likeness (QED) is 0.720. The Morgan fingerprint density at radius 3 is 2.62 bits per heavy atom. The molecule has 0 aliphatic carbocycles. The van der Waals surface area contributed by atoms with Gasteiger partial charge in [0.1, 0.15) is 18.0 Å². The molecule has 0 saturated carbocycles. The average Bonchev–Trinajstić information content (AvgIpc) is 3.23. The van der Waals surface area contributed by atoms with E-state index in [1.165, 1.54) is 5.56 Å². The molecular weight excluding hydrogens is 360 g/mol. The molecule has 0 spiro atoms. The van der Waals surface area contributed by atoms with E-state index in [9.17, 15) is 4.79 Å². The molecule has 5 rings (SSSR count). The van der Waals surface area contributed by atoms with Gasteiger partial charge in [-0.2, -0.15) is 0 Å². The number of para-hydroxylation sites is 2. The summed E-state index contributed by atoms with van der Waals surface area (Å²) in [7, 11) is 0. The van der Waals surface area contributed by atoms with E-state index < -0.39 is 5.66 Å². The number of fused-ring (bicyclic) bond motifs is 3. The van der Waals surface area contributed by atoms with E-state index in [-0.39, 0.29) is 5.91 Å². The zero-order chi connectivity index (χ0) is 19.7. The topological polar surface area (TPSA) is 41.6 Å². The third-order valence-corrected chi connectivity index (χ3v) is 5.58. The summed E-state index contributed by atoms with van der Waals surface area (Å²) in [4.78, 5) is 14.4. The van der Waals surface area contributed by atoms with E-state index >= 15 is 0 Å². The lowest BCUT2D eigenvalue weighted by molar-refractivity contribution is -0.118. The Balaban J connectivity index is 1.41. The Hall–Kier alpha value is -3.53. The SMILES string of the molecule is O=C1CN2c3ccccc3CC2(C=Cc2ccccc2OCc2ccccc2)N1. The Labute approximate surface area is 170 Å². The predicted molar refractivity (Wildman–Crippen MR) is 115 cm³/mol. The summed E-state index contributed by atoms with van der Waals surface area (Å²) in [5.74, 6) is 0.883. The Bertz CT molecular complexity index is 1080. The largest absolute Gasteiger partial charge is 0.488 e. The maximum Gasteiger partial charge on any atom is 0.241 e. The van der Waals surface area contributed by atoms with Gasteiger partial charge in [-0.15, -0.1) is 0 Å². The second-order valence-electron chi connectivity index (χ2n) is 7.51. The zero-order valence-corrected chi connectivity index (χ0v) is 16.0. The molecule has 2 aliphatic rings. The predicted octanol–water partition coefficient (Wildman–Crippen LogP) is 4.17. The van der Waals surface area contributed by atoms with Crippen LogP contribution in [0.3, 0.4) is 0 Å². The van der Waals surface area contributed by atoms with E-state index in [1.54, 1.807) is 0 Å². The molecule has 0 bridgehead atoms. The second-order valence-corrected chi connectivity index (χ2v) is 7.51. The fourth-order valence-corrected chi connectivity index (χ4v) is 4.19. The number of anilines is 1. The molecule has 4 nitrogen and oxygen atoms in total. The molecule has 2 aliphatic heterocycles. The number of rotatable bonds is 5. The van der Waals surface area contributed by atoms with Crippen LogP contribution in [0, 0.1) is 0 Å². The standard InChI is InChI=1S/C25H22N2O2/c28-24-17-27-22-12-6-4-11-21(22)16-25(27,26-24)15-14-20-10-5-7-13-23(20)29-18-19-8-2-1-3-9-19/h1-15H,16-18H2,(H,26,28). The summed E-state index contributed by atoms with van der Waals surface area (Å²) in [6, 6.07) is 26.4. The number of carbonyl (C=O) groups is 1. The first kappa shape index (κ1) is 17.6. The Morgan fingerprint density at radius 1 is 0.966 bits per heavy atom. The van der Waals surface area contributed by atoms with Crippen molar-refractivity contribution >= 4 is 17.7 Å². The fourth-order valence-electron chi connectivity index (χ4n) is 4.19. The van der Waals surface area contributed by atoms with E-state index in [2.05, 4.69) is 46.6 Å². The third-order valence-electron chi connectivity index (χ3n) is 5.58. The van der Waals surface area contributed by atoms with Crippen LogP contribution in [0.1, 0.15) is 16.7 Å². The molecule has 29 heavy (non-hydrogen) atoms. The minimum atomic E-state index is -0.507. The fraction of sp³-hybridized carbons (Fsp3) is 0.160. The number of hydrogen-bond acceptors (Lipinski definition) is 3. The van der Waals surface area contributed by atoms with Crippen LogP contribution in [-0.2, 0) is 17.8 Å². The van der Waals surface area contributed by atoms with Crippen LogP contribution in [0.2, 0.25) is 0 Å². The summed E-state index contributed by atoms with van der Waals surface area (Å²) in [6.07, 6.45) is 4.92. The number of ether oxygens (including phenoxy) is 1. The number of nitrogens with zero attached hydrogens (tertiary/aromatic N) is 1. The lowest BCUT2D eigenvalue weighted by Gasteiger charge is -2.29. The number of carbonyl (C=O) groups excluding carboxylic acids is 1. The first-order chi connectivity index (χ1) is 14.2. The lowest BCUT2D eigenvalue weighted by Crippen LogP contribution is -2.48. The molecule has 3 aromatic rings. The van der Waals surface area contributed by atoms with Crippen molar-refractivity contribution in [3.05, 3.63) is 102 Å². The summed E-state index contributed by atoms with van der Waals surface area (Å²) in [5.41, 5.74) is 4.00. The van der Waals surface area contributed by atoms with Crippen molar-refractivity contribution < 1.29 is 9.53 Å². The molecule has 1 saturated heterocycles. The van der Waals surface area contributed by atoms with Crippen LogP contribution in [0.4, 0.5) is 5.69 Å². The van der Waals surface area contributed by atoms with Crippen LogP contribution >= 0.6 is 0 Å². The molecule has 1 amide bonds. The van der Waals surface area contributed by atoms with Crippen molar-refractivity contribution in [2.45, 2.75) is 18.7 Å². The van der Waals surface area contributed by atoms with E-state index in [4.69, 9.17) is 4.74 Å². The normalized spacial score (nSPS) is 19.9. The van der Waals surface area contributed by atoms with Crippen LogP contribution in [0.5, 0.6) is 5.75 Å². The monoisotopic (exact) mass is 382 g/mol. The maximum absolute atomic E-state index is 12.2. The van der Waals surface area contributed by atoms with Crippen LogP contribution in [0.15, 0.2) is 84.9 Å². The van der Waals surface area contributed by atoms with Crippen molar-refractivity contribution in [2.75, 3.05) is 11.4 Å². The highest BCUT2D eigenvalue weighted by atomic mass is 16.5. The van der Waals surface area contributed by atoms with Gasteiger partial charge in [-0.1, -0.05) is 72.8 Å². The van der Waals surface area contributed by atoms with Crippen molar-refractivity contribution in [1.29, 1.82) is 0 Å². The van der Waals surface area contributed by atoms with Crippen LogP contribution in [-0.4, -0.2) is 18.1 Å². The summed E-state index contributed by atoms with van der Waals surface area (Å²) in [5, 5.41) is 3.18. The third kappa shape index (κ3) is 3.27. The Morgan fingerprint density at radius 2 is 1.72 bits per heavy atom. The minimum absolute atomic E-state index is 0.0535. The molecule has 4 heteroatoms. The smallest absolute Gasteiger partial charge is 0.241 e. The van der Waals surface area contributed by atoms with Gasteiger partial charge in [-0.25, -0.2) is 0 Å². The highest BCUT2D eigenvalue weighted by molar-refractivity contribution is 5.90. The number of hydrogen-bond donors (Lipinski definition) is 1. The molecule has 1 atom stereocenters. The highest BCUT2D eigenvalue weighted by Gasteiger charge is 2.48. The molecule has 1 fully saturated rings. The first-order valence-corrected chi connectivity index (χ1v) is 9.85. The molecule has 3 aromatic carbocycles. The summed E-state index contributed by atoms with van der Waals surface area (Å²) >= 11 is 0. The maximum atomic E-state index is 12.2. The van der Waals surface area contributed by atoms with Crippen LogP contribution < -0.4 is 15.0 Å². The summed E-state index contributed by atoms with van der Waals surface area (Å²) < 4.78 is 6.08. The van der Waals surface area contributed by atoms with Gasteiger partial charge < -0.3 is 15.0 Å². The number of nitrogens with one attached hydrogen (secondary N) is 1. The lowest BCUT2D eigenvalue weighted by atomic mass is 10.0. The molecule has 144 valence electrons. The number of amides is 1. The van der Waals surface area contributed by atoms with E-state index in [1.807, 2.05) is 54.6 Å². The minimum Gasteiger partial charge on any atom is -0.488 e. The van der Waals surface area contributed by atoms with Crippen molar-refractivity contribution in [3.63, 3.8) is 0 Å². The van der Waals surface area contributed by atoms with Gasteiger partial charge in [0.25, 0.3) is 0 Å². The zero-order valence-electron chi connectivity index (χ0n) is 16.0. The van der Waals surface area contributed by atoms with Gasteiger partial charge in [-0.3, -0.25) is 4.79 Å². The van der Waals surface area contributed by atoms with Crippen LogP contribution in [0.25, 0.3) is 6.08 Å². The van der Waals surface area contributed by atoms with Gasteiger partial charge in [0, 0.05) is 17.7 Å². The van der Waals surface area contributed by atoms with E-state index in [0.717, 1.165) is 29.0 Å². The molecule has 0 aromatic heterocycles. The van der Waals surface area contributed by atoms with Gasteiger partial charge >= 0.3 is 0 Å². The molecule has 1 unspecified atom stereocenters. The van der Waals surface area contributed by atoms with Gasteiger partial charge in [0.05, 0.1) is 6.54 Å². The number of benzene rings is 3. The Kier molecular flexibility index (Phi) is 4.32.